The third-order valence-electron chi connectivity index (χ3n) is 3.71. The summed E-state index contributed by atoms with van der Waals surface area (Å²) in [5, 5.41) is 2.87. The van der Waals surface area contributed by atoms with E-state index in [1.54, 1.807) is 19.1 Å². The van der Waals surface area contributed by atoms with Crippen molar-refractivity contribution in [2.24, 2.45) is 5.73 Å². The molecular formula is C18H13ClF2N4O3S. The number of hydrogen-bond donors (Lipinski definition) is 2. The molecule has 0 saturated heterocycles. The number of nitrogens with zero attached hydrogens (tertiary/aromatic N) is 2. The van der Waals surface area contributed by atoms with Crippen LogP contribution >= 0.6 is 22.9 Å². The zero-order valence-electron chi connectivity index (χ0n) is 14.8. The molecule has 0 atom stereocenters. The van der Waals surface area contributed by atoms with Gasteiger partial charge < -0.3 is 10.5 Å². The predicted molar refractivity (Wildman–Crippen MR) is 105 cm³/mol. The van der Waals surface area contributed by atoms with E-state index in [2.05, 4.69) is 20.0 Å². The number of halogens is 3. The Labute approximate surface area is 172 Å². The van der Waals surface area contributed by atoms with Crippen molar-refractivity contribution >= 4 is 39.9 Å². The zero-order chi connectivity index (χ0) is 21.1. The Morgan fingerprint density at radius 1 is 1.28 bits per heavy atom. The Hall–Kier alpha value is -3.11. The molecule has 3 rings (SSSR count). The number of carbonyl (C=O) groups excluding carboxylic acids is 2. The first-order chi connectivity index (χ1) is 13.7. The van der Waals surface area contributed by atoms with Gasteiger partial charge in [0.1, 0.15) is 11.4 Å². The summed E-state index contributed by atoms with van der Waals surface area (Å²) >= 11 is 7.23. The fourth-order valence-corrected chi connectivity index (χ4v) is 3.49. The van der Waals surface area contributed by atoms with Gasteiger partial charge in [-0.15, -0.1) is 11.3 Å². The van der Waals surface area contributed by atoms with Gasteiger partial charge in [0.25, 0.3) is 5.91 Å². The number of amides is 2. The third kappa shape index (κ3) is 4.84. The standard InChI is InChI=1S/C18H13ClF2N4O3S/c1-8-13(9-2-4-11(5-3-9)28-17(20)21)24-18(29-8)25-16(27)14-12(19)6-10(7-23-14)15(22)26/h2-7,17H,1H3,(H2,22,26)(H,24,25,27). The van der Waals surface area contributed by atoms with Gasteiger partial charge in [0.05, 0.1) is 16.3 Å². The predicted octanol–water partition coefficient (Wildman–Crippen LogP) is 4.12. The number of ether oxygens (including phenoxy) is 1. The maximum Gasteiger partial charge on any atom is 0.387 e. The van der Waals surface area contributed by atoms with E-state index in [4.69, 9.17) is 17.3 Å². The van der Waals surface area contributed by atoms with E-state index in [0.29, 0.717) is 16.4 Å². The minimum atomic E-state index is -2.90. The molecular weight excluding hydrogens is 426 g/mol. The van der Waals surface area contributed by atoms with E-state index >= 15 is 0 Å². The molecule has 2 aromatic heterocycles. The highest BCUT2D eigenvalue weighted by Crippen LogP contribution is 2.32. The second kappa shape index (κ2) is 8.50. The van der Waals surface area contributed by atoms with E-state index in [1.807, 2.05) is 0 Å². The highest BCUT2D eigenvalue weighted by atomic mass is 35.5. The molecule has 3 aromatic rings. The molecule has 0 fully saturated rings. The topological polar surface area (TPSA) is 107 Å². The molecule has 0 aliphatic rings. The molecule has 1 aromatic carbocycles. The molecule has 150 valence electrons. The van der Waals surface area contributed by atoms with Crippen molar-refractivity contribution in [2.45, 2.75) is 13.5 Å². The number of aryl methyl sites for hydroxylation is 1. The number of pyridine rings is 1. The molecule has 0 aliphatic heterocycles. The SMILES string of the molecule is Cc1sc(NC(=O)c2ncc(C(N)=O)cc2Cl)nc1-c1ccc(OC(F)F)cc1. The highest BCUT2D eigenvalue weighted by molar-refractivity contribution is 7.16. The molecule has 0 bridgehead atoms. The van der Waals surface area contributed by atoms with Crippen molar-refractivity contribution in [3.63, 3.8) is 0 Å². The summed E-state index contributed by atoms with van der Waals surface area (Å²) in [6.07, 6.45) is 1.16. The summed E-state index contributed by atoms with van der Waals surface area (Å²) in [6.45, 7) is -1.10. The second-order valence-corrected chi connectivity index (χ2v) is 7.31. The number of nitrogens with one attached hydrogen (secondary N) is 1. The molecule has 3 N–H and O–H groups in total. The first-order valence-corrected chi connectivity index (χ1v) is 9.23. The van der Waals surface area contributed by atoms with Gasteiger partial charge in [-0.3, -0.25) is 14.9 Å². The summed E-state index contributed by atoms with van der Waals surface area (Å²) < 4.78 is 28.8. The number of nitrogens with two attached hydrogens (primary N) is 1. The summed E-state index contributed by atoms with van der Waals surface area (Å²) in [5.74, 6) is -1.28. The Morgan fingerprint density at radius 3 is 2.55 bits per heavy atom. The Kier molecular flexibility index (Phi) is 6.04. The lowest BCUT2D eigenvalue weighted by Gasteiger charge is -2.05. The van der Waals surface area contributed by atoms with E-state index in [1.165, 1.54) is 29.5 Å². The van der Waals surface area contributed by atoms with Crippen LogP contribution in [0.1, 0.15) is 25.7 Å². The molecule has 2 heterocycles. The minimum Gasteiger partial charge on any atom is -0.435 e. The van der Waals surface area contributed by atoms with Crippen LogP contribution < -0.4 is 15.8 Å². The molecule has 2 amide bonds. The maximum atomic E-state index is 12.4. The second-order valence-electron chi connectivity index (χ2n) is 5.70. The quantitative estimate of drug-likeness (QED) is 0.602. The maximum absolute atomic E-state index is 12.4. The van der Waals surface area contributed by atoms with Crippen molar-refractivity contribution in [3.8, 4) is 17.0 Å². The first-order valence-electron chi connectivity index (χ1n) is 8.04. The van der Waals surface area contributed by atoms with Gasteiger partial charge in [-0.2, -0.15) is 8.78 Å². The van der Waals surface area contributed by atoms with Gasteiger partial charge in [-0.25, -0.2) is 9.97 Å². The lowest BCUT2D eigenvalue weighted by Crippen LogP contribution is -2.16. The van der Waals surface area contributed by atoms with Crippen LogP contribution in [0.4, 0.5) is 13.9 Å². The van der Waals surface area contributed by atoms with E-state index in [0.717, 1.165) is 11.1 Å². The number of aromatic nitrogens is 2. The van der Waals surface area contributed by atoms with Crippen LogP contribution in [-0.2, 0) is 0 Å². The van der Waals surface area contributed by atoms with Gasteiger partial charge >= 0.3 is 6.61 Å². The average Bonchev–Trinajstić information content (AvgIpc) is 3.01. The molecule has 11 heteroatoms. The molecule has 0 unspecified atom stereocenters. The summed E-state index contributed by atoms with van der Waals surface area (Å²) in [6, 6.07) is 7.25. The number of primary amides is 1. The summed E-state index contributed by atoms with van der Waals surface area (Å²) in [5.41, 5.74) is 6.40. The lowest BCUT2D eigenvalue weighted by molar-refractivity contribution is -0.0498. The van der Waals surface area contributed by atoms with Gasteiger partial charge in [0.15, 0.2) is 5.13 Å². The normalized spacial score (nSPS) is 10.8. The minimum absolute atomic E-state index is 0.0260. The van der Waals surface area contributed by atoms with Crippen LogP contribution in [0.25, 0.3) is 11.3 Å². The first kappa shape index (κ1) is 20.6. The van der Waals surface area contributed by atoms with E-state index in [9.17, 15) is 18.4 Å². The Balaban J connectivity index is 1.78. The summed E-state index contributed by atoms with van der Waals surface area (Å²) in [7, 11) is 0. The van der Waals surface area contributed by atoms with Crippen LogP contribution in [-0.4, -0.2) is 28.4 Å². The number of alkyl halides is 2. The zero-order valence-corrected chi connectivity index (χ0v) is 16.4. The lowest BCUT2D eigenvalue weighted by atomic mass is 10.1. The number of benzene rings is 1. The van der Waals surface area contributed by atoms with Crippen LogP contribution in [0.3, 0.4) is 0 Å². The molecule has 0 radical (unpaired) electrons. The fraction of sp³-hybridized carbons (Fsp3) is 0.111. The van der Waals surface area contributed by atoms with Crippen LogP contribution in [0.2, 0.25) is 5.02 Å². The smallest absolute Gasteiger partial charge is 0.387 e. The fourth-order valence-electron chi connectivity index (χ4n) is 2.41. The highest BCUT2D eigenvalue weighted by Gasteiger charge is 2.18. The molecule has 29 heavy (non-hydrogen) atoms. The summed E-state index contributed by atoms with van der Waals surface area (Å²) in [4.78, 5) is 32.6. The van der Waals surface area contributed by atoms with Gasteiger partial charge in [-0.1, -0.05) is 11.6 Å². The van der Waals surface area contributed by atoms with Crippen LogP contribution in [0, 0.1) is 6.92 Å². The number of carbonyl (C=O) groups is 2. The largest absolute Gasteiger partial charge is 0.435 e. The van der Waals surface area contributed by atoms with Crippen molar-refractivity contribution in [2.75, 3.05) is 5.32 Å². The molecule has 0 spiro atoms. The number of rotatable bonds is 6. The van der Waals surface area contributed by atoms with Crippen molar-refractivity contribution in [1.82, 2.24) is 9.97 Å². The third-order valence-corrected chi connectivity index (χ3v) is 4.89. The molecule has 7 nitrogen and oxygen atoms in total. The number of thiazole rings is 1. The average molecular weight is 439 g/mol. The Bertz CT molecular complexity index is 1070. The van der Waals surface area contributed by atoms with Crippen molar-refractivity contribution in [3.05, 3.63) is 57.7 Å². The Morgan fingerprint density at radius 2 is 1.97 bits per heavy atom. The number of hydrogen-bond acceptors (Lipinski definition) is 6. The van der Waals surface area contributed by atoms with Crippen LogP contribution in [0.15, 0.2) is 36.5 Å². The van der Waals surface area contributed by atoms with Crippen molar-refractivity contribution in [1.29, 1.82) is 0 Å². The van der Waals surface area contributed by atoms with Gasteiger partial charge in [0.2, 0.25) is 5.91 Å². The molecule has 0 saturated carbocycles. The van der Waals surface area contributed by atoms with E-state index < -0.39 is 18.4 Å². The number of anilines is 1. The van der Waals surface area contributed by atoms with E-state index in [-0.39, 0.29) is 22.0 Å². The van der Waals surface area contributed by atoms with Gasteiger partial charge in [0, 0.05) is 16.6 Å². The molecule has 0 aliphatic carbocycles. The van der Waals surface area contributed by atoms with Crippen LogP contribution in [0.5, 0.6) is 5.75 Å². The van der Waals surface area contributed by atoms with Crippen molar-refractivity contribution < 1.29 is 23.1 Å². The monoisotopic (exact) mass is 438 g/mol. The van der Waals surface area contributed by atoms with Gasteiger partial charge in [-0.05, 0) is 37.3 Å².